The maximum Gasteiger partial charge on any atom is 0.268 e. The highest BCUT2D eigenvalue weighted by molar-refractivity contribution is 5.90. The highest BCUT2D eigenvalue weighted by Crippen LogP contribution is 2.09. The fraction of sp³-hybridized carbons (Fsp3) is 0.615. The first kappa shape index (κ1) is 14.7. The van der Waals surface area contributed by atoms with Crippen LogP contribution in [0.2, 0.25) is 0 Å². The minimum absolute atomic E-state index is 0.175. The Morgan fingerprint density at radius 2 is 2.25 bits per heavy atom. The Morgan fingerprint density at radius 3 is 2.90 bits per heavy atom. The van der Waals surface area contributed by atoms with Gasteiger partial charge in [0.2, 0.25) is 0 Å². The van der Waals surface area contributed by atoms with E-state index in [2.05, 4.69) is 27.1 Å². The third kappa shape index (κ3) is 3.88. The first-order valence-electron chi connectivity index (χ1n) is 6.88. The van der Waals surface area contributed by atoms with Gasteiger partial charge < -0.3 is 15.8 Å². The van der Waals surface area contributed by atoms with Gasteiger partial charge in [0.15, 0.2) is 0 Å². The Hall–Kier alpha value is -1.73. The van der Waals surface area contributed by atoms with Gasteiger partial charge in [-0.2, -0.15) is 0 Å². The van der Waals surface area contributed by atoms with E-state index in [-0.39, 0.29) is 5.69 Å². The molecule has 0 radical (unpaired) electrons. The molecular weight excluding hydrogens is 258 g/mol. The van der Waals surface area contributed by atoms with Crippen molar-refractivity contribution in [2.24, 2.45) is 5.73 Å². The minimum atomic E-state index is -0.568. The highest BCUT2D eigenvalue weighted by atomic mass is 16.5. The van der Waals surface area contributed by atoms with E-state index in [0.29, 0.717) is 11.9 Å². The SMILES string of the molecule is CCC(CNc1cncc(C(N)=O)n1)N1CCOCC1. The Labute approximate surface area is 118 Å². The topological polar surface area (TPSA) is 93.4 Å². The van der Waals surface area contributed by atoms with Crippen molar-refractivity contribution < 1.29 is 9.53 Å². The van der Waals surface area contributed by atoms with Crippen LogP contribution in [0.15, 0.2) is 12.4 Å². The van der Waals surface area contributed by atoms with Gasteiger partial charge in [-0.25, -0.2) is 4.98 Å². The molecule has 0 bridgehead atoms. The molecule has 7 heteroatoms. The van der Waals surface area contributed by atoms with Gasteiger partial charge in [0.05, 0.1) is 25.6 Å². The second-order valence-corrected chi connectivity index (χ2v) is 4.75. The molecule has 0 aromatic carbocycles. The van der Waals surface area contributed by atoms with Gasteiger partial charge in [0, 0.05) is 25.7 Å². The first-order chi connectivity index (χ1) is 9.70. The van der Waals surface area contributed by atoms with Crippen molar-refractivity contribution in [3.63, 3.8) is 0 Å². The van der Waals surface area contributed by atoms with Gasteiger partial charge in [0.25, 0.3) is 5.91 Å². The molecule has 1 saturated heterocycles. The van der Waals surface area contributed by atoms with Crippen LogP contribution in [0.4, 0.5) is 5.82 Å². The van der Waals surface area contributed by atoms with E-state index >= 15 is 0 Å². The van der Waals surface area contributed by atoms with Crippen LogP contribution in [0.3, 0.4) is 0 Å². The van der Waals surface area contributed by atoms with E-state index in [9.17, 15) is 4.79 Å². The molecule has 1 fully saturated rings. The normalized spacial score (nSPS) is 17.6. The Bertz CT molecular complexity index is 448. The van der Waals surface area contributed by atoms with Crippen LogP contribution in [0.25, 0.3) is 0 Å². The minimum Gasteiger partial charge on any atom is -0.379 e. The largest absolute Gasteiger partial charge is 0.379 e. The second-order valence-electron chi connectivity index (χ2n) is 4.75. The fourth-order valence-electron chi connectivity index (χ4n) is 2.27. The summed E-state index contributed by atoms with van der Waals surface area (Å²) in [4.78, 5) is 21.6. The van der Waals surface area contributed by atoms with Crippen LogP contribution in [0.1, 0.15) is 23.8 Å². The molecule has 0 aliphatic carbocycles. The van der Waals surface area contributed by atoms with E-state index in [1.54, 1.807) is 6.20 Å². The molecule has 1 unspecified atom stereocenters. The van der Waals surface area contributed by atoms with Crippen LogP contribution in [0, 0.1) is 0 Å². The van der Waals surface area contributed by atoms with Crippen LogP contribution in [-0.4, -0.2) is 59.7 Å². The number of primary amides is 1. The average Bonchev–Trinajstić information content (AvgIpc) is 2.49. The zero-order chi connectivity index (χ0) is 14.4. The maximum atomic E-state index is 11.1. The zero-order valence-electron chi connectivity index (χ0n) is 11.7. The summed E-state index contributed by atoms with van der Waals surface area (Å²) in [6.07, 6.45) is 4.00. The summed E-state index contributed by atoms with van der Waals surface area (Å²) < 4.78 is 5.36. The molecule has 1 amide bonds. The summed E-state index contributed by atoms with van der Waals surface area (Å²) in [5, 5.41) is 3.22. The van der Waals surface area contributed by atoms with Crippen molar-refractivity contribution in [2.75, 3.05) is 38.2 Å². The molecule has 110 valence electrons. The standard InChI is InChI=1S/C13H21N5O2/c1-2-10(18-3-5-20-6-4-18)7-16-12-9-15-8-11(17-12)13(14)19/h8-10H,2-7H2,1H3,(H2,14,19)(H,16,17). The number of carbonyl (C=O) groups excluding carboxylic acids is 1. The van der Waals surface area contributed by atoms with Crippen molar-refractivity contribution in [1.29, 1.82) is 0 Å². The summed E-state index contributed by atoms with van der Waals surface area (Å²) in [6.45, 7) is 6.39. The number of amides is 1. The quantitative estimate of drug-likeness (QED) is 0.767. The number of morpholine rings is 1. The molecule has 2 rings (SSSR count). The molecule has 0 spiro atoms. The van der Waals surface area contributed by atoms with E-state index in [1.807, 2.05) is 0 Å². The Morgan fingerprint density at radius 1 is 1.50 bits per heavy atom. The summed E-state index contributed by atoms with van der Waals surface area (Å²) in [5.41, 5.74) is 5.37. The van der Waals surface area contributed by atoms with Gasteiger partial charge in [-0.3, -0.25) is 14.7 Å². The van der Waals surface area contributed by atoms with E-state index in [0.717, 1.165) is 39.3 Å². The van der Waals surface area contributed by atoms with Crippen molar-refractivity contribution in [1.82, 2.24) is 14.9 Å². The predicted octanol–water partition coefficient (Wildman–Crippen LogP) is 0.0982. The van der Waals surface area contributed by atoms with Crippen LogP contribution < -0.4 is 11.1 Å². The lowest BCUT2D eigenvalue weighted by Gasteiger charge is -2.34. The number of nitrogens with zero attached hydrogens (tertiary/aromatic N) is 3. The maximum absolute atomic E-state index is 11.1. The molecule has 1 atom stereocenters. The van der Waals surface area contributed by atoms with Crippen LogP contribution in [-0.2, 0) is 4.74 Å². The molecule has 1 aromatic heterocycles. The molecule has 1 aromatic rings. The number of hydrogen-bond acceptors (Lipinski definition) is 6. The summed E-state index contributed by atoms with van der Waals surface area (Å²) in [7, 11) is 0. The number of aromatic nitrogens is 2. The van der Waals surface area contributed by atoms with Gasteiger partial charge in [-0.1, -0.05) is 6.92 Å². The third-order valence-electron chi connectivity index (χ3n) is 3.44. The molecule has 1 aliphatic heterocycles. The molecule has 20 heavy (non-hydrogen) atoms. The van der Waals surface area contributed by atoms with E-state index in [1.165, 1.54) is 6.20 Å². The van der Waals surface area contributed by atoms with Crippen molar-refractivity contribution in [3.05, 3.63) is 18.1 Å². The fourth-order valence-corrected chi connectivity index (χ4v) is 2.27. The number of ether oxygens (including phenoxy) is 1. The van der Waals surface area contributed by atoms with Crippen molar-refractivity contribution >= 4 is 11.7 Å². The molecule has 7 nitrogen and oxygen atoms in total. The number of nitrogens with two attached hydrogens (primary N) is 1. The number of hydrogen-bond donors (Lipinski definition) is 2. The summed E-state index contributed by atoms with van der Waals surface area (Å²) in [6, 6.07) is 0.415. The van der Waals surface area contributed by atoms with E-state index in [4.69, 9.17) is 10.5 Å². The van der Waals surface area contributed by atoms with Gasteiger partial charge >= 0.3 is 0 Å². The number of rotatable bonds is 6. The highest BCUT2D eigenvalue weighted by Gasteiger charge is 2.19. The molecule has 3 N–H and O–H groups in total. The van der Waals surface area contributed by atoms with E-state index < -0.39 is 5.91 Å². The molecule has 1 aliphatic rings. The Balaban J connectivity index is 1.92. The lowest BCUT2D eigenvalue weighted by atomic mass is 10.1. The lowest BCUT2D eigenvalue weighted by Crippen LogP contribution is -2.46. The van der Waals surface area contributed by atoms with Gasteiger partial charge in [-0.15, -0.1) is 0 Å². The van der Waals surface area contributed by atoms with Crippen molar-refractivity contribution in [2.45, 2.75) is 19.4 Å². The van der Waals surface area contributed by atoms with Crippen molar-refractivity contribution in [3.8, 4) is 0 Å². The molecule has 2 heterocycles. The van der Waals surface area contributed by atoms with Gasteiger partial charge in [0.1, 0.15) is 11.5 Å². The third-order valence-corrected chi connectivity index (χ3v) is 3.44. The lowest BCUT2D eigenvalue weighted by molar-refractivity contribution is 0.0184. The molecule has 0 saturated carbocycles. The number of carbonyl (C=O) groups is 1. The predicted molar refractivity (Wildman–Crippen MR) is 75.5 cm³/mol. The first-order valence-corrected chi connectivity index (χ1v) is 6.88. The molecular formula is C13H21N5O2. The number of anilines is 1. The summed E-state index contributed by atoms with van der Waals surface area (Å²) >= 11 is 0. The van der Waals surface area contributed by atoms with Gasteiger partial charge in [-0.05, 0) is 6.42 Å². The summed E-state index contributed by atoms with van der Waals surface area (Å²) in [5.74, 6) is 0.00869. The monoisotopic (exact) mass is 279 g/mol. The zero-order valence-corrected chi connectivity index (χ0v) is 11.7. The van der Waals surface area contributed by atoms with Crippen LogP contribution >= 0.6 is 0 Å². The van der Waals surface area contributed by atoms with Crippen LogP contribution in [0.5, 0.6) is 0 Å². The number of nitrogens with one attached hydrogen (secondary N) is 1. The Kier molecular flexibility index (Phi) is 5.25. The smallest absolute Gasteiger partial charge is 0.268 e. The second kappa shape index (κ2) is 7.16. The average molecular weight is 279 g/mol.